The molecule has 0 aliphatic heterocycles. The molecule has 0 saturated heterocycles. The zero-order chi connectivity index (χ0) is 14.8. The number of rotatable bonds is 10. The van der Waals surface area contributed by atoms with Gasteiger partial charge in [-0.1, -0.05) is 56.5 Å². The minimum absolute atomic E-state index is 0.621. The summed E-state index contributed by atoms with van der Waals surface area (Å²) in [5.74, 6) is 0. The van der Waals surface area contributed by atoms with Gasteiger partial charge in [-0.05, 0) is 45.5 Å². The van der Waals surface area contributed by atoms with Crippen LogP contribution in [0.5, 0.6) is 0 Å². The fourth-order valence-corrected chi connectivity index (χ4v) is 2.34. The van der Waals surface area contributed by atoms with E-state index in [1.807, 2.05) is 0 Å². The van der Waals surface area contributed by atoms with E-state index in [2.05, 4.69) is 62.3 Å². The summed E-state index contributed by atoms with van der Waals surface area (Å²) < 4.78 is 0. The first-order valence-corrected chi connectivity index (χ1v) is 8.05. The van der Waals surface area contributed by atoms with Crippen LogP contribution in [-0.4, -0.2) is 31.1 Å². The summed E-state index contributed by atoms with van der Waals surface area (Å²) in [6, 6.07) is 9.50. The predicted octanol–water partition coefficient (Wildman–Crippen LogP) is 3.99. The zero-order valence-corrected chi connectivity index (χ0v) is 13.8. The van der Waals surface area contributed by atoms with Crippen LogP contribution in [0.4, 0.5) is 0 Å². The van der Waals surface area contributed by atoms with Crippen LogP contribution in [0, 0.1) is 6.92 Å². The largest absolute Gasteiger partial charge is 0.315 e. The molecule has 1 rings (SSSR count). The molecule has 0 heterocycles. The smallest absolute Gasteiger partial charge is 0.0230 e. The molecule has 114 valence electrons. The molecule has 0 aromatic heterocycles. The molecule has 2 heteroatoms. The lowest BCUT2D eigenvalue weighted by molar-refractivity contribution is 0.316. The molecule has 2 nitrogen and oxygen atoms in total. The van der Waals surface area contributed by atoms with Crippen LogP contribution in [0.25, 0.3) is 0 Å². The van der Waals surface area contributed by atoms with Crippen molar-refractivity contribution >= 4 is 0 Å². The van der Waals surface area contributed by atoms with Crippen LogP contribution in [0.15, 0.2) is 24.3 Å². The van der Waals surface area contributed by atoms with Crippen molar-refractivity contribution in [2.45, 2.75) is 59.0 Å². The minimum Gasteiger partial charge on any atom is -0.315 e. The second-order valence-corrected chi connectivity index (χ2v) is 6.25. The molecule has 0 bridgehead atoms. The molecular formula is C18H32N2. The van der Waals surface area contributed by atoms with E-state index in [4.69, 9.17) is 0 Å². The lowest BCUT2D eigenvalue weighted by atomic mass is 10.1. The molecule has 1 aromatic carbocycles. The monoisotopic (exact) mass is 276 g/mol. The molecule has 0 fully saturated rings. The van der Waals surface area contributed by atoms with Crippen molar-refractivity contribution in [3.05, 3.63) is 35.4 Å². The number of benzene rings is 1. The fraction of sp³-hybridized carbons (Fsp3) is 0.667. The van der Waals surface area contributed by atoms with Crippen LogP contribution in [0.1, 0.15) is 50.7 Å². The van der Waals surface area contributed by atoms with E-state index in [-0.39, 0.29) is 0 Å². The number of hydrogen-bond acceptors (Lipinski definition) is 2. The molecule has 0 amide bonds. The Labute approximate surface area is 125 Å². The topological polar surface area (TPSA) is 15.3 Å². The second-order valence-electron chi connectivity index (χ2n) is 6.25. The molecular weight excluding hydrogens is 244 g/mol. The number of unbranched alkanes of at least 4 members (excludes halogenated alkanes) is 3. The van der Waals surface area contributed by atoms with Gasteiger partial charge in [-0.3, -0.25) is 0 Å². The maximum absolute atomic E-state index is 3.47. The third kappa shape index (κ3) is 8.34. The predicted molar refractivity (Wildman–Crippen MR) is 89.1 cm³/mol. The van der Waals surface area contributed by atoms with Gasteiger partial charge in [-0.2, -0.15) is 0 Å². The van der Waals surface area contributed by atoms with E-state index in [1.54, 1.807) is 0 Å². The van der Waals surface area contributed by atoms with Crippen molar-refractivity contribution in [3.63, 3.8) is 0 Å². The average molecular weight is 276 g/mol. The van der Waals surface area contributed by atoms with Crippen LogP contribution >= 0.6 is 0 Å². The standard InChI is InChI=1S/C18H32N2/c1-16(2)19-13-7-5-6-8-14-20(4)15-18-11-9-17(3)10-12-18/h9-12,16,19H,5-8,13-15H2,1-4H3. The number of nitrogens with zero attached hydrogens (tertiary/aromatic N) is 1. The van der Waals surface area contributed by atoms with Gasteiger partial charge in [0.1, 0.15) is 0 Å². The summed E-state index contributed by atoms with van der Waals surface area (Å²) in [7, 11) is 2.22. The maximum Gasteiger partial charge on any atom is 0.0230 e. The molecule has 0 unspecified atom stereocenters. The molecule has 0 aliphatic rings. The Bertz CT molecular complexity index is 343. The summed E-state index contributed by atoms with van der Waals surface area (Å²) in [6.07, 6.45) is 5.31. The zero-order valence-electron chi connectivity index (χ0n) is 13.8. The summed E-state index contributed by atoms with van der Waals surface area (Å²) in [5.41, 5.74) is 2.76. The van der Waals surface area contributed by atoms with Gasteiger partial charge in [0.2, 0.25) is 0 Å². The summed E-state index contributed by atoms with van der Waals surface area (Å²) in [5, 5.41) is 3.47. The van der Waals surface area contributed by atoms with Gasteiger partial charge in [-0.25, -0.2) is 0 Å². The normalized spacial score (nSPS) is 11.5. The van der Waals surface area contributed by atoms with Crippen molar-refractivity contribution in [2.75, 3.05) is 20.1 Å². The third-order valence-corrected chi connectivity index (χ3v) is 3.59. The Morgan fingerprint density at radius 3 is 2.30 bits per heavy atom. The molecule has 1 N–H and O–H groups in total. The van der Waals surface area contributed by atoms with E-state index < -0.39 is 0 Å². The lowest BCUT2D eigenvalue weighted by Gasteiger charge is -2.16. The van der Waals surface area contributed by atoms with Gasteiger partial charge in [0.15, 0.2) is 0 Å². The van der Waals surface area contributed by atoms with Crippen molar-refractivity contribution < 1.29 is 0 Å². The molecule has 0 spiro atoms. The Kier molecular flexibility index (Phi) is 8.56. The van der Waals surface area contributed by atoms with E-state index in [0.29, 0.717) is 6.04 Å². The van der Waals surface area contributed by atoms with E-state index in [1.165, 1.54) is 43.4 Å². The first-order chi connectivity index (χ1) is 9.58. The van der Waals surface area contributed by atoms with Gasteiger partial charge in [0.05, 0.1) is 0 Å². The highest BCUT2D eigenvalue weighted by Crippen LogP contribution is 2.07. The third-order valence-electron chi connectivity index (χ3n) is 3.59. The molecule has 1 aromatic rings. The molecule has 0 atom stereocenters. The molecule has 0 saturated carbocycles. The van der Waals surface area contributed by atoms with E-state index in [0.717, 1.165) is 13.1 Å². The maximum atomic E-state index is 3.47. The molecule has 20 heavy (non-hydrogen) atoms. The Morgan fingerprint density at radius 2 is 1.65 bits per heavy atom. The van der Waals surface area contributed by atoms with Crippen LogP contribution in [0.2, 0.25) is 0 Å². The first kappa shape index (κ1) is 17.2. The van der Waals surface area contributed by atoms with Gasteiger partial charge < -0.3 is 10.2 Å². The summed E-state index contributed by atoms with van der Waals surface area (Å²) in [6.45, 7) is 9.99. The van der Waals surface area contributed by atoms with Crippen LogP contribution < -0.4 is 5.32 Å². The number of aryl methyl sites for hydroxylation is 1. The molecule has 0 radical (unpaired) electrons. The van der Waals surface area contributed by atoms with Gasteiger partial charge in [-0.15, -0.1) is 0 Å². The van der Waals surface area contributed by atoms with Gasteiger partial charge >= 0.3 is 0 Å². The summed E-state index contributed by atoms with van der Waals surface area (Å²) >= 11 is 0. The highest BCUT2D eigenvalue weighted by Gasteiger charge is 2.00. The van der Waals surface area contributed by atoms with Gasteiger partial charge in [0.25, 0.3) is 0 Å². The second kappa shape index (κ2) is 9.95. The highest BCUT2D eigenvalue weighted by atomic mass is 15.1. The van der Waals surface area contributed by atoms with E-state index >= 15 is 0 Å². The average Bonchev–Trinajstić information content (AvgIpc) is 2.40. The Hall–Kier alpha value is -0.860. The Balaban J connectivity index is 2.03. The number of nitrogens with one attached hydrogen (secondary N) is 1. The van der Waals surface area contributed by atoms with Crippen molar-refractivity contribution in [1.29, 1.82) is 0 Å². The van der Waals surface area contributed by atoms with Gasteiger partial charge in [0, 0.05) is 12.6 Å². The van der Waals surface area contributed by atoms with Crippen LogP contribution in [-0.2, 0) is 6.54 Å². The van der Waals surface area contributed by atoms with Crippen molar-refractivity contribution in [1.82, 2.24) is 10.2 Å². The fourth-order valence-electron chi connectivity index (χ4n) is 2.34. The van der Waals surface area contributed by atoms with Crippen molar-refractivity contribution in [3.8, 4) is 0 Å². The SMILES string of the molecule is Cc1ccc(CN(C)CCCCCCNC(C)C)cc1. The van der Waals surface area contributed by atoms with Crippen LogP contribution in [0.3, 0.4) is 0 Å². The quantitative estimate of drug-likeness (QED) is 0.650. The number of hydrogen-bond donors (Lipinski definition) is 1. The lowest BCUT2D eigenvalue weighted by Crippen LogP contribution is -2.23. The molecule has 0 aliphatic carbocycles. The summed E-state index contributed by atoms with van der Waals surface area (Å²) in [4.78, 5) is 2.43. The first-order valence-electron chi connectivity index (χ1n) is 8.05. The van der Waals surface area contributed by atoms with E-state index in [9.17, 15) is 0 Å². The van der Waals surface area contributed by atoms with Crippen molar-refractivity contribution in [2.24, 2.45) is 0 Å². The Morgan fingerprint density at radius 1 is 1.00 bits per heavy atom. The minimum atomic E-state index is 0.621. The highest BCUT2D eigenvalue weighted by molar-refractivity contribution is 5.21.